The second-order valence-corrected chi connectivity index (χ2v) is 3.00. The number of carbonyl (C=O) groups is 1. The fourth-order valence-corrected chi connectivity index (χ4v) is 0.870. The molecule has 0 aromatic carbocycles. The molecule has 0 spiro atoms. The summed E-state index contributed by atoms with van der Waals surface area (Å²) in [5, 5.41) is 61.5. The molecule has 16 heavy (non-hydrogen) atoms. The van der Waals surface area contributed by atoms with Crippen LogP contribution >= 0.6 is 0 Å². The van der Waals surface area contributed by atoms with Gasteiger partial charge in [0.1, 0.15) is 24.4 Å². The molecule has 91 valence electrons. The molecule has 0 aliphatic rings. The van der Waals surface area contributed by atoms with Crippen LogP contribution in [0.25, 0.3) is 0 Å². The quantitative estimate of drug-likeness (QED) is 0.237. The molecule has 5 atom stereocenters. The van der Waals surface area contributed by atoms with E-state index in [1.807, 2.05) is 0 Å². The second kappa shape index (κ2) is 8.88. The molecule has 0 saturated heterocycles. The first-order valence-corrected chi connectivity index (χ1v) is 4.07. The molecule has 0 fully saturated rings. The van der Waals surface area contributed by atoms with Crippen molar-refractivity contribution in [1.82, 2.24) is 0 Å². The second-order valence-electron chi connectivity index (χ2n) is 3.00. The number of aliphatic hydroxyl groups excluding tert-OH is 6. The van der Waals surface area contributed by atoms with Crippen LogP contribution in [-0.2, 0) is 4.79 Å². The van der Waals surface area contributed by atoms with Gasteiger partial charge in [0.15, 0.2) is 6.10 Å². The minimum atomic E-state index is -2.29. The standard InChI is InChI=1S/C7H14O8.K/c8-1-2(9)3(10)4(11)5(12)6(13)7(14)15;/h2-6,8-13H,1H2,(H,14,15);/t2-,3-,4+,5-,6-;/m0./s1. The fraction of sp³-hybridized carbons (Fsp3) is 0.857. The van der Waals surface area contributed by atoms with Crippen molar-refractivity contribution in [2.24, 2.45) is 0 Å². The summed E-state index contributed by atoms with van der Waals surface area (Å²) >= 11 is 0. The van der Waals surface area contributed by atoms with Gasteiger partial charge in [-0.3, -0.25) is 0 Å². The Balaban J connectivity index is 0. The average molecular weight is 265 g/mol. The molecule has 0 aliphatic heterocycles. The van der Waals surface area contributed by atoms with E-state index in [2.05, 4.69) is 0 Å². The Labute approximate surface area is 134 Å². The van der Waals surface area contributed by atoms with Crippen molar-refractivity contribution >= 4 is 57.4 Å². The first kappa shape index (κ1) is 19.2. The van der Waals surface area contributed by atoms with E-state index in [1.54, 1.807) is 0 Å². The molecule has 0 unspecified atom stereocenters. The van der Waals surface area contributed by atoms with Gasteiger partial charge in [-0.1, -0.05) is 0 Å². The van der Waals surface area contributed by atoms with Crippen molar-refractivity contribution in [3.63, 3.8) is 0 Å². The fourth-order valence-electron chi connectivity index (χ4n) is 0.870. The van der Waals surface area contributed by atoms with E-state index in [1.165, 1.54) is 0 Å². The van der Waals surface area contributed by atoms with Gasteiger partial charge in [0.2, 0.25) is 0 Å². The number of rotatable bonds is 6. The molecular weight excluding hydrogens is 251 g/mol. The molecule has 0 bridgehead atoms. The van der Waals surface area contributed by atoms with Crippen molar-refractivity contribution < 1.29 is 40.5 Å². The van der Waals surface area contributed by atoms with Gasteiger partial charge in [-0.2, -0.15) is 0 Å². The van der Waals surface area contributed by atoms with Gasteiger partial charge in [-0.25, -0.2) is 4.79 Å². The van der Waals surface area contributed by atoms with Gasteiger partial charge in [-0.15, -0.1) is 0 Å². The molecule has 0 amide bonds. The van der Waals surface area contributed by atoms with Crippen LogP contribution in [0.4, 0.5) is 0 Å². The Morgan fingerprint density at radius 3 is 1.69 bits per heavy atom. The Morgan fingerprint density at radius 1 is 0.938 bits per heavy atom. The van der Waals surface area contributed by atoms with E-state index in [0.29, 0.717) is 0 Å². The molecule has 0 saturated carbocycles. The van der Waals surface area contributed by atoms with Gasteiger partial charge in [0, 0.05) is 51.4 Å². The molecule has 0 aliphatic carbocycles. The third kappa shape index (κ3) is 5.47. The third-order valence-corrected chi connectivity index (χ3v) is 1.86. The van der Waals surface area contributed by atoms with Gasteiger partial charge in [0.05, 0.1) is 6.61 Å². The number of carboxylic acids is 1. The Hall–Kier alpha value is 0.866. The maximum Gasteiger partial charge on any atom is 0.335 e. The summed E-state index contributed by atoms with van der Waals surface area (Å²) in [4.78, 5) is 10.2. The summed E-state index contributed by atoms with van der Waals surface area (Å²) in [7, 11) is 0. The topological polar surface area (TPSA) is 159 Å². The number of hydrogen-bond donors (Lipinski definition) is 7. The predicted molar refractivity (Wildman–Crippen MR) is 50.5 cm³/mol. The van der Waals surface area contributed by atoms with E-state index < -0.39 is 43.1 Å². The minimum absolute atomic E-state index is 0. The van der Waals surface area contributed by atoms with Crippen LogP contribution in [-0.4, -0.2) is 130 Å². The Kier molecular flexibility index (Phi) is 10.7. The van der Waals surface area contributed by atoms with E-state index in [4.69, 9.17) is 35.7 Å². The summed E-state index contributed by atoms with van der Waals surface area (Å²) < 4.78 is 0. The number of aliphatic hydroxyl groups is 6. The zero-order valence-corrected chi connectivity index (χ0v) is 11.8. The van der Waals surface area contributed by atoms with Crippen molar-refractivity contribution in [3.05, 3.63) is 0 Å². The van der Waals surface area contributed by atoms with Crippen LogP contribution in [0.2, 0.25) is 0 Å². The van der Waals surface area contributed by atoms with Crippen LogP contribution in [0.3, 0.4) is 0 Å². The van der Waals surface area contributed by atoms with E-state index in [0.717, 1.165) is 0 Å². The van der Waals surface area contributed by atoms with Gasteiger partial charge >= 0.3 is 5.97 Å². The predicted octanol–water partition coefficient (Wildman–Crippen LogP) is -4.51. The van der Waals surface area contributed by atoms with E-state index >= 15 is 0 Å². The maximum absolute atomic E-state index is 10.2. The first-order chi connectivity index (χ1) is 6.82. The van der Waals surface area contributed by atoms with Crippen LogP contribution in [0.1, 0.15) is 0 Å². The number of aliphatic carboxylic acids is 1. The molecule has 0 aromatic rings. The van der Waals surface area contributed by atoms with Gasteiger partial charge in [-0.05, 0) is 0 Å². The number of carboxylic acid groups (broad SMARTS) is 1. The zero-order chi connectivity index (χ0) is 12.2. The molecule has 9 heteroatoms. The van der Waals surface area contributed by atoms with Gasteiger partial charge in [0.25, 0.3) is 0 Å². The minimum Gasteiger partial charge on any atom is -0.479 e. The molecule has 1 radical (unpaired) electrons. The smallest absolute Gasteiger partial charge is 0.335 e. The summed E-state index contributed by atoms with van der Waals surface area (Å²) in [6.07, 6.45) is -10.2. The van der Waals surface area contributed by atoms with Gasteiger partial charge < -0.3 is 35.7 Å². The first-order valence-electron chi connectivity index (χ1n) is 4.07. The average Bonchev–Trinajstić information content (AvgIpc) is 2.23. The molecule has 7 N–H and O–H groups in total. The SMILES string of the molecule is O=C(O)[C@@H](O)[C@@H](O)[C@H](O)[C@@H](O)[C@@H](O)CO.[K]. The van der Waals surface area contributed by atoms with Crippen LogP contribution < -0.4 is 0 Å². The van der Waals surface area contributed by atoms with Crippen LogP contribution in [0.5, 0.6) is 0 Å². The molecule has 8 nitrogen and oxygen atoms in total. The van der Waals surface area contributed by atoms with E-state index in [9.17, 15) is 4.79 Å². The Bertz CT molecular complexity index is 213. The summed E-state index contributed by atoms with van der Waals surface area (Å²) in [6, 6.07) is 0. The zero-order valence-electron chi connectivity index (χ0n) is 8.63. The summed E-state index contributed by atoms with van der Waals surface area (Å²) in [5.74, 6) is -1.78. The van der Waals surface area contributed by atoms with Crippen LogP contribution in [0.15, 0.2) is 0 Å². The van der Waals surface area contributed by atoms with E-state index in [-0.39, 0.29) is 51.4 Å². The third-order valence-electron chi connectivity index (χ3n) is 1.86. The Morgan fingerprint density at radius 2 is 1.38 bits per heavy atom. The van der Waals surface area contributed by atoms with Crippen molar-refractivity contribution in [2.45, 2.75) is 30.5 Å². The summed E-state index contributed by atoms with van der Waals surface area (Å²) in [6.45, 7) is -0.881. The normalized spacial score (nSPS) is 20.1. The van der Waals surface area contributed by atoms with Crippen molar-refractivity contribution in [2.75, 3.05) is 6.61 Å². The van der Waals surface area contributed by atoms with Crippen LogP contribution in [0, 0.1) is 0 Å². The largest absolute Gasteiger partial charge is 0.479 e. The maximum atomic E-state index is 10.2. The molecular formula is C7H14KO8. The summed E-state index contributed by atoms with van der Waals surface area (Å²) in [5.41, 5.74) is 0. The number of hydrogen-bond acceptors (Lipinski definition) is 7. The molecule has 0 heterocycles. The molecule has 0 aromatic heterocycles. The monoisotopic (exact) mass is 265 g/mol. The molecule has 0 rings (SSSR count). The van der Waals surface area contributed by atoms with Crippen molar-refractivity contribution in [1.29, 1.82) is 0 Å². The van der Waals surface area contributed by atoms with Crippen molar-refractivity contribution in [3.8, 4) is 0 Å².